The average Bonchev–Trinajstić information content (AvgIpc) is 3.56. The van der Waals surface area contributed by atoms with Crippen LogP contribution in [-0.2, 0) is 4.79 Å². The number of thioether (sulfide) groups is 1. The van der Waals surface area contributed by atoms with E-state index in [-0.39, 0.29) is 11.7 Å². The third-order valence-electron chi connectivity index (χ3n) is 4.53. The summed E-state index contributed by atoms with van der Waals surface area (Å²) in [5.74, 6) is 0.245. The van der Waals surface area contributed by atoms with Crippen molar-refractivity contribution in [3.8, 4) is 28.5 Å². The maximum atomic E-state index is 12.1. The molecule has 28 heavy (non-hydrogen) atoms. The summed E-state index contributed by atoms with van der Waals surface area (Å²) in [7, 11) is 0. The lowest BCUT2D eigenvalue weighted by Gasteiger charge is -2.12. The predicted molar refractivity (Wildman–Crippen MR) is 112 cm³/mol. The SMILES string of the molecule is N#Cc1c(-c2ccccc2)cc(-c2ccccc2)nc1SCC(=O)NC1CC1. The lowest BCUT2D eigenvalue weighted by Crippen LogP contribution is -2.27. The summed E-state index contributed by atoms with van der Waals surface area (Å²) < 4.78 is 0. The summed E-state index contributed by atoms with van der Waals surface area (Å²) in [5, 5.41) is 13.4. The van der Waals surface area contributed by atoms with Gasteiger partial charge in [-0.25, -0.2) is 4.98 Å². The number of rotatable bonds is 6. The fourth-order valence-electron chi connectivity index (χ4n) is 2.97. The molecule has 4 nitrogen and oxygen atoms in total. The molecule has 138 valence electrons. The van der Waals surface area contributed by atoms with Crippen molar-refractivity contribution in [1.29, 1.82) is 5.26 Å². The fraction of sp³-hybridized carbons (Fsp3) is 0.174. The largest absolute Gasteiger partial charge is 0.353 e. The quantitative estimate of drug-likeness (QED) is 0.627. The van der Waals surface area contributed by atoms with E-state index in [1.807, 2.05) is 66.7 Å². The Morgan fingerprint density at radius 3 is 2.32 bits per heavy atom. The Labute approximate surface area is 168 Å². The molecule has 4 rings (SSSR count). The number of pyridine rings is 1. The first-order chi connectivity index (χ1) is 13.7. The second-order valence-electron chi connectivity index (χ2n) is 6.71. The Hall–Kier alpha value is -3.10. The second kappa shape index (κ2) is 8.28. The maximum absolute atomic E-state index is 12.1. The van der Waals surface area contributed by atoms with Crippen molar-refractivity contribution in [2.75, 3.05) is 5.75 Å². The Kier molecular flexibility index (Phi) is 5.41. The number of carbonyl (C=O) groups excluding carboxylic acids is 1. The standard InChI is InChI=1S/C23H19N3OS/c24-14-20-19(16-7-3-1-4-8-16)13-21(17-9-5-2-6-10-17)26-23(20)28-15-22(27)25-18-11-12-18/h1-10,13,18H,11-12,15H2,(H,25,27). The van der Waals surface area contributed by atoms with E-state index in [0.29, 0.717) is 16.6 Å². The van der Waals surface area contributed by atoms with Crippen LogP contribution in [0.3, 0.4) is 0 Å². The van der Waals surface area contributed by atoms with Gasteiger partial charge in [0.15, 0.2) is 0 Å². The van der Waals surface area contributed by atoms with Gasteiger partial charge in [0.2, 0.25) is 5.91 Å². The van der Waals surface area contributed by atoms with E-state index in [4.69, 9.17) is 4.98 Å². The minimum absolute atomic E-state index is 0.00966. The van der Waals surface area contributed by atoms with Crippen molar-refractivity contribution in [1.82, 2.24) is 10.3 Å². The van der Waals surface area contributed by atoms with Crippen LogP contribution in [0.15, 0.2) is 71.8 Å². The van der Waals surface area contributed by atoms with E-state index in [1.54, 1.807) is 0 Å². The zero-order valence-electron chi connectivity index (χ0n) is 15.3. The number of hydrogen-bond acceptors (Lipinski definition) is 4. The van der Waals surface area contributed by atoms with Gasteiger partial charge in [-0.1, -0.05) is 72.4 Å². The van der Waals surface area contributed by atoms with Crippen molar-refractivity contribution in [3.63, 3.8) is 0 Å². The summed E-state index contributed by atoms with van der Waals surface area (Å²) in [6.45, 7) is 0. The molecule has 1 N–H and O–H groups in total. The summed E-state index contributed by atoms with van der Waals surface area (Å²) in [6.07, 6.45) is 2.11. The number of nitriles is 1. The molecule has 0 spiro atoms. The lowest BCUT2D eigenvalue weighted by atomic mass is 9.99. The summed E-state index contributed by atoms with van der Waals surface area (Å²) >= 11 is 1.32. The van der Waals surface area contributed by atoms with Crippen LogP contribution in [0.4, 0.5) is 0 Å². The van der Waals surface area contributed by atoms with Crippen LogP contribution in [0.1, 0.15) is 18.4 Å². The third-order valence-corrected chi connectivity index (χ3v) is 5.51. The zero-order chi connectivity index (χ0) is 19.3. The van der Waals surface area contributed by atoms with Crippen LogP contribution >= 0.6 is 11.8 Å². The molecule has 0 saturated heterocycles. The van der Waals surface area contributed by atoms with Gasteiger partial charge in [-0.15, -0.1) is 0 Å². The maximum Gasteiger partial charge on any atom is 0.230 e. The van der Waals surface area contributed by atoms with Crippen molar-refractivity contribution in [2.45, 2.75) is 23.9 Å². The predicted octanol–water partition coefficient (Wildman–Crippen LogP) is 4.66. The van der Waals surface area contributed by atoms with Gasteiger partial charge < -0.3 is 5.32 Å². The van der Waals surface area contributed by atoms with E-state index in [0.717, 1.165) is 35.2 Å². The number of nitrogens with zero attached hydrogens (tertiary/aromatic N) is 2. The molecule has 1 aromatic heterocycles. The molecule has 1 aliphatic carbocycles. The number of benzene rings is 2. The Balaban J connectivity index is 1.74. The zero-order valence-corrected chi connectivity index (χ0v) is 16.1. The van der Waals surface area contributed by atoms with Crippen molar-refractivity contribution in [3.05, 3.63) is 72.3 Å². The third kappa shape index (κ3) is 4.24. The van der Waals surface area contributed by atoms with Gasteiger partial charge in [-0.3, -0.25) is 4.79 Å². The Morgan fingerprint density at radius 1 is 1.07 bits per heavy atom. The first-order valence-corrected chi connectivity index (χ1v) is 10.2. The van der Waals surface area contributed by atoms with Gasteiger partial charge in [-0.2, -0.15) is 5.26 Å². The van der Waals surface area contributed by atoms with Crippen molar-refractivity contribution >= 4 is 17.7 Å². The number of nitrogens with one attached hydrogen (secondary N) is 1. The van der Waals surface area contributed by atoms with Crippen LogP contribution in [0.5, 0.6) is 0 Å². The van der Waals surface area contributed by atoms with E-state index in [2.05, 4.69) is 11.4 Å². The highest BCUT2D eigenvalue weighted by atomic mass is 32.2. The van der Waals surface area contributed by atoms with Crippen LogP contribution in [-0.4, -0.2) is 22.7 Å². The molecule has 1 aliphatic rings. The molecule has 5 heteroatoms. The van der Waals surface area contributed by atoms with Gasteiger partial charge in [0.1, 0.15) is 11.1 Å². The van der Waals surface area contributed by atoms with Gasteiger partial charge in [0.05, 0.1) is 17.0 Å². The first kappa shape index (κ1) is 18.3. The normalized spacial score (nSPS) is 13.0. The van der Waals surface area contributed by atoms with Gasteiger partial charge in [0.25, 0.3) is 0 Å². The molecule has 0 radical (unpaired) electrons. The number of amides is 1. The molecule has 1 fully saturated rings. The molecule has 1 heterocycles. The van der Waals surface area contributed by atoms with Gasteiger partial charge >= 0.3 is 0 Å². The molecule has 0 bridgehead atoms. The summed E-state index contributed by atoms with van der Waals surface area (Å²) in [6, 6.07) is 24.3. The number of hydrogen-bond donors (Lipinski definition) is 1. The smallest absolute Gasteiger partial charge is 0.230 e. The minimum atomic E-state index is -0.00966. The van der Waals surface area contributed by atoms with E-state index in [1.165, 1.54) is 11.8 Å². The monoisotopic (exact) mass is 385 g/mol. The number of aromatic nitrogens is 1. The van der Waals surface area contributed by atoms with Gasteiger partial charge in [0, 0.05) is 17.2 Å². The highest BCUT2D eigenvalue weighted by molar-refractivity contribution is 8.00. The minimum Gasteiger partial charge on any atom is -0.353 e. The van der Waals surface area contributed by atoms with Crippen molar-refractivity contribution < 1.29 is 4.79 Å². The van der Waals surface area contributed by atoms with E-state index < -0.39 is 0 Å². The number of carbonyl (C=O) groups is 1. The lowest BCUT2D eigenvalue weighted by molar-refractivity contribution is -0.118. The molecule has 1 saturated carbocycles. The topological polar surface area (TPSA) is 65.8 Å². The molecular weight excluding hydrogens is 366 g/mol. The second-order valence-corrected chi connectivity index (χ2v) is 7.67. The highest BCUT2D eigenvalue weighted by Crippen LogP contribution is 2.34. The van der Waals surface area contributed by atoms with Crippen LogP contribution in [0, 0.1) is 11.3 Å². The Morgan fingerprint density at radius 2 is 1.71 bits per heavy atom. The average molecular weight is 385 g/mol. The summed E-state index contributed by atoms with van der Waals surface area (Å²) in [4.78, 5) is 16.9. The van der Waals surface area contributed by atoms with Gasteiger partial charge in [-0.05, 0) is 24.5 Å². The fourth-order valence-corrected chi connectivity index (χ4v) is 3.78. The molecule has 3 aromatic rings. The van der Waals surface area contributed by atoms with E-state index >= 15 is 0 Å². The molecule has 0 aliphatic heterocycles. The van der Waals surface area contributed by atoms with Crippen LogP contribution in [0.2, 0.25) is 0 Å². The molecule has 0 unspecified atom stereocenters. The molecule has 0 atom stereocenters. The molecular formula is C23H19N3OS. The highest BCUT2D eigenvalue weighted by Gasteiger charge is 2.23. The molecule has 1 amide bonds. The van der Waals surface area contributed by atoms with Crippen molar-refractivity contribution in [2.24, 2.45) is 0 Å². The Bertz CT molecular complexity index is 1020. The summed E-state index contributed by atoms with van der Waals surface area (Å²) in [5.41, 5.74) is 4.08. The first-order valence-electron chi connectivity index (χ1n) is 9.23. The van der Waals surface area contributed by atoms with E-state index in [9.17, 15) is 10.1 Å². The van der Waals surface area contributed by atoms with Crippen LogP contribution in [0.25, 0.3) is 22.4 Å². The van der Waals surface area contributed by atoms with Crippen LogP contribution < -0.4 is 5.32 Å². The molecule has 2 aromatic carbocycles.